The SMILES string of the molecule is CCNc1cc(C(C)(C)C)nc(CSC(C)CC)n1. The maximum atomic E-state index is 4.72. The van der Waals surface area contributed by atoms with Gasteiger partial charge >= 0.3 is 0 Å². The van der Waals surface area contributed by atoms with Crippen molar-refractivity contribution >= 4 is 17.6 Å². The van der Waals surface area contributed by atoms with E-state index >= 15 is 0 Å². The summed E-state index contributed by atoms with van der Waals surface area (Å²) < 4.78 is 0. The Hall–Kier alpha value is -0.770. The van der Waals surface area contributed by atoms with Gasteiger partial charge in [-0.1, -0.05) is 34.6 Å². The van der Waals surface area contributed by atoms with Crippen molar-refractivity contribution in [2.45, 2.75) is 64.4 Å². The third-order valence-electron chi connectivity index (χ3n) is 2.97. The summed E-state index contributed by atoms with van der Waals surface area (Å²) >= 11 is 1.92. The highest BCUT2D eigenvalue weighted by Crippen LogP contribution is 2.24. The molecule has 1 atom stereocenters. The molecule has 0 radical (unpaired) electrons. The molecule has 0 spiro atoms. The van der Waals surface area contributed by atoms with Crippen molar-refractivity contribution in [3.8, 4) is 0 Å². The first-order valence-electron chi connectivity index (χ1n) is 7.10. The second-order valence-corrected chi connectivity index (χ2v) is 7.29. The van der Waals surface area contributed by atoms with E-state index in [4.69, 9.17) is 4.98 Å². The molecule has 0 bridgehead atoms. The molecule has 19 heavy (non-hydrogen) atoms. The van der Waals surface area contributed by atoms with Crippen LogP contribution in [0.15, 0.2) is 6.07 Å². The molecular formula is C15H27N3S. The number of hydrogen-bond donors (Lipinski definition) is 1. The first-order valence-corrected chi connectivity index (χ1v) is 8.15. The summed E-state index contributed by atoms with van der Waals surface area (Å²) in [5, 5.41) is 3.96. The molecule has 0 aliphatic carbocycles. The molecule has 0 aromatic carbocycles. The highest BCUT2D eigenvalue weighted by molar-refractivity contribution is 7.99. The number of thioether (sulfide) groups is 1. The molecule has 0 fully saturated rings. The van der Waals surface area contributed by atoms with Gasteiger partial charge in [0.2, 0.25) is 0 Å². The van der Waals surface area contributed by atoms with E-state index in [0.717, 1.165) is 29.6 Å². The van der Waals surface area contributed by atoms with Crippen molar-refractivity contribution in [2.24, 2.45) is 0 Å². The minimum absolute atomic E-state index is 0.0584. The van der Waals surface area contributed by atoms with E-state index in [1.165, 1.54) is 6.42 Å². The van der Waals surface area contributed by atoms with Crippen molar-refractivity contribution in [2.75, 3.05) is 11.9 Å². The summed E-state index contributed by atoms with van der Waals surface area (Å²) in [5.41, 5.74) is 1.17. The van der Waals surface area contributed by atoms with Crippen molar-refractivity contribution in [1.29, 1.82) is 0 Å². The topological polar surface area (TPSA) is 37.8 Å². The molecule has 3 nitrogen and oxygen atoms in total. The van der Waals surface area contributed by atoms with Crippen LogP contribution in [-0.4, -0.2) is 21.8 Å². The van der Waals surface area contributed by atoms with Crippen LogP contribution in [0.1, 0.15) is 59.5 Å². The molecule has 0 aliphatic heterocycles. The quantitative estimate of drug-likeness (QED) is 0.846. The number of anilines is 1. The molecule has 0 saturated carbocycles. The van der Waals surface area contributed by atoms with Gasteiger partial charge in [0.05, 0.1) is 11.4 Å². The average molecular weight is 281 g/mol. The predicted octanol–water partition coefficient (Wildman–Crippen LogP) is 4.24. The molecule has 1 rings (SSSR count). The van der Waals surface area contributed by atoms with Crippen LogP contribution in [0.3, 0.4) is 0 Å². The predicted molar refractivity (Wildman–Crippen MR) is 85.9 cm³/mol. The van der Waals surface area contributed by atoms with E-state index in [9.17, 15) is 0 Å². The fourth-order valence-corrected chi connectivity index (χ4v) is 2.35. The fraction of sp³-hybridized carbons (Fsp3) is 0.733. The Morgan fingerprint density at radius 3 is 2.47 bits per heavy atom. The van der Waals surface area contributed by atoms with Crippen molar-refractivity contribution in [3.05, 3.63) is 17.6 Å². The van der Waals surface area contributed by atoms with Crippen LogP contribution in [0, 0.1) is 0 Å². The number of rotatable bonds is 6. The Balaban J connectivity index is 2.93. The zero-order chi connectivity index (χ0) is 14.5. The highest BCUT2D eigenvalue weighted by Gasteiger charge is 2.18. The van der Waals surface area contributed by atoms with Crippen LogP contribution in [-0.2, 0) is 11.2 Å². The molecule has 0 amide bonds. The molecule has 1 heterocycles. The summed E-state index contributed by atoms with van der Waals surface area (Å²) in [4.78, 5) is 9.32. The lowest BCUT2D eigenvalue weighted by Crippen LogP contribution is -2.17. The monoisotopic (exact) mass is 281 g/mol. The minimum Gasteiger partial charge on any atom is -0.370 e. The first-order chi connectivity index (χ1) is 8.86. The van der Waals surface area contributed by atoms with Gasteiger partial charge in [-0.25, -0.2) is 9.97 Å². The maximum absolute atomic E-state index is 4.72. The highest BCUT2D eigenvalue weighted by atomic mass is 32.2. The molecule has 1 unspecified atom stereocenters. The molecule has 1 aromatic heterocycles. The summed E-state index contributed by atoms with van der Waals surface area (Å²) in [5.74, 6) is 2.77. The van der Waals surface area contributed by atoms with Crippen LogP contribution >= 0.6 is 11.8 Å². The molecule has 108 valence electrons. The average Bonchev–Trinajstić information content (AvgIpc) is 2.35. The number of nitrogens with one attached hydrogen (secondary N) is 1. The molecule has 4 heteroatoms. The van der Waals surface area contributed by atoms with Crippen LogP contribution in [0.25, 0.3) is 0 Å². The largest absolute Gasteiger partial charge is 0.370 e. The van der Waals surface area contributed by atoms with Gasteiger partial charge in [-0.3, -0.25) is 0 Å². The number of nitrogens with zero attached hydrogens (tertiary/aromatic N) is 2. The lowest BCUT2D eigenvalue weighted by molar-refractivity contribution is 0.564. The van der Waals surface area contributed by atoms with Crippen molar-refractivity contribution in [1.82, 2.24) is 9.97 Å². The maximum Gasteiger partial charge on any atom is 0.140 e. The van der Waals surface area contributed by atoms with Crippen molar-refractivity contribution < 1.29 is 0 Å². The Kier molecular flexibility index (Phi) is 6.11. The van der Waals surface area contributed by atoms with Gasteiger partial charge in [0, 0.05) is 23.3 Å². The molecule has 0 saturated heterocycles. The van der Waals surface area contributed by atoms with Gasteiger partial charge in [-0.2, -0.15) is 11.8 Å². The first kappa shape index (κ1) is 16.3. The molecular weight excluding hydrogens is 254 g/mol. The lowest BCUT2D eigenvalue weighted by atomic mass is 9.92. The number of hydrogen-bond acceptors (Lipinski definition) is 4. The lowest BCUT2D eigenvalue weighted by Gasteiger charge is -2.20. The number of aromatic nitrogens is 2. The van der Waals surface area contributed by atoms with Gasteiger partial charge in [0.15, 0.2) is 0 Å². The van der Waals surface area contributed by atoms with E-state index < -0.39 is 0 Å². The van der Waals surface area contributed by atoms with Gasteiger partial charge in [-0.05, 0) is 13.3 Å². The summed E-state index contributed by atoms with van der Waals surface area (Å²) in [6.07, 6.45) is 1.18. The van der Waals surface area contributed by atoms with Crippen LogP contribution in [0.2, 0.25) is 0 Å². The Morgan fingerprint density at radius 2 is 1.95 bits per heavy atom. The smallest absolute Gasteiger partial charge is 0.140 e. The Labute approximate surface area is 122 Å². The standard InChI is InChI=1S/C15H27N3S/c1-7-11(3)19-10-14-17-12(15(4,5)6)9-13(18-14)16-8-2/h9,11H,7-8,10H2,1-6H3,(H,16,17,18). The zero-order valence-electron chi connectivity index (χ0n) is 13.1. The van der Waals surface area contributed by atoms with Crippen LogP contribution in [0.5, 0.6) is 0 Å². The third-order valence-corrected chi connectivity index (χ3v) is 4.30. The van der Waals surface area contributed by atoms with Gasteiger partial charge in [-0.15, -0.1) is 0 Å². The van der Waals surface area contributed by atoms with Gasteiger partial charge in [0.25, 0.3) is 0 Å². The van der Waals surface area contributed by atoms with Crippen LogP contribution in [0.4, 0.5) is 5.82 Å². The van der Waals surface area contributed by atoms with Gasteiger partial charge < -0.3 is 5.32 Å². The summed E-state index contributed by atoms with van der Waals surface area (Å²) in [6.45, 7) is 14.0. The van der Waals surface area contributed by atoms with Crippen molar-refractivity contribution in [3.63, 3.8) is 0 Å². The second-order valence-electron chi connectivity index (χ2n) is 5.86. The normalized spacial score (nSPS) is 13.4. The van der Waals surface area contributed by atoms with Gasteiger partial charge in [0.1, 0.15) is 11.6 Å². The van der Waals surface area contributed by atoms with E-state index in [-0.39, 0.29) is 5.41 Å². The van der Waals surface area contributed by atoms with E-state index in [1.54, 1.807) is 0 Å². The van der Waals surface area contributed by atoms with Crippen LogP contribution < -0.4 is 5.32 Å². The van der Waals surface area contributed by atoms with E-state index in [1.807, 2.05) is 11.8 Å². The molecule has 1 N–H and O–H groups in total. The third kappa shape index (κ3) is 5.39. The minimum atomic E-state index is 0.0584. The zero-order valence-corrected chi connectivity index (χ0v) is 13.9. The molecule has 1 aromatic rings. The Bertz CT molecular complexity index is 399. The Morgan fingerprint density at radius 1 is 1.26 bits per heavy atom. The molecule has 0 aliphatic rings. The van der Waals surface area contributed by atoms with E-state index in [2.05, 4.69) is 57.9 Å². The fourth-order valence-electron chi connectivity index (χ4n) is 1.55. The van der Waals surface area contributed by atoms with E-state index in [0.29, 0.717) is 5.25 Å². The second kappa shape index (κ2) is 7.13. The summed E-state index contributed by atoms with van der Waals surface area (Å²) in [7, 11) is 0. The summed E-state index contributed by atoms with van der Waals surface area (Å²) in [6, 6.07) is 2.07.